The molecule has 0 aromatic carbocycles. The van der Waals surface area contributed by atoms with Crippen molar-refractivity contribution in [1.29, 1.82) is 0 Å². The molecule has 4 heteroatoms. The summed E-state index contributed by atoms with van der Waals surface area (Å²) >= 11 is 5.09. The average Bonchev–Trinajstić information content (AvgIpc) is 2.67. The fraction of sp³-hybridized carbons (Fsp3) is 0.857. The fourth-order valence-corrected chi connectivity index (χ4v) is 3.80. The van der Waals surface area contributed by atoms with Crippen LogP contribution >= 0.6 is 12.2 Å². The number of carbonyl (C=O) groups excluding carboxylic acids is 1. The molecule has 18 heavy (non-hydrogen) atoms. The van der Waals surface area contributed by atoms with Crippen LogP contribution < -0.4 is 11.1 Å². The van der Waals surface area contributed by atoms with E-state index in [1.54, 1.807) is 0 Å². The second-order valence-corrected chi connectivity index (χ2v) is 6.89. The van der Waals surface area contributed by atoms with Crippen LogP contribution in [0.4, 0.5) is 0 Å². The molecular weight excluding hydrogens is 244 g/mol. The molecule has 2 unspecified atom stereocenters. The minimum absolute atomic E-state index is 0.0626. The molecule has 2 fully saturated rings. The molecule has 3 nitrogen and oxygen atoms in total. The van der Waals surface area contributed by atoms with Gasteiger partial charge < -0.3 is 11.1 Å². The van der Waals surface area contributed by atoms with Gasteiger partial charge in [0.05, 0.1) is 10.4 Å². The zero-order valence-corrected chi connectivity index (χ0v) is 12.2. The first-order valence-electron chi connectivity index (χ1n) is 7.02. The summed E-state index contributed by atoms with van der Waals surface area (Å²) in [6.07, 6.45) is 5.39. The second-order valence-electron chi connectivity index (χ2n) is 6.45. The SMILES string of the molecule is CC1CCC(CNC(=O)C2(C(N)=S)CC(C)C2)C1. The molecule has 0 heterocycles. The molecule has 0 aromatic heterocycles. The van der Waals surface area contributed by atoms with E-state index in [4.69, 9.17) is 18.0 Å². The van der Waals surface area contributed by atoms with Crippen molar-refractivity contribution in [3.05, 3.63) is 0 Å². The third-order valence-electron chi connectivity index (χ3n) is 4.65. The van der Waals surface area contributed by atoms with Gasteiger partial charge in [-0.2, -0.15) is 0 Å². The Morgan fingerprint density at radius 2 is 2.00 bits per heavy atom. The van der Waals surface area contributed by atoms with E-state index in [1.165, 1.54) is 19.3 Å². The molecule has 0 saturated heterocycles. The summed E-state index contributed by atoms with van der Waals surface area (Å²) in [4.78, 5) is 12.7. The molecule has 2 rings (SSSR count). The fourth-order valence-electron chi connectivity index (χ4n) is 3.54. The van der Waals surface area contributed by atoms with E-state index in [-0.39, 0.29) is 5.91 Å². The lowest BCUT2D eigenvalue weighted by atomic mass is 9.62. The maximum absolute atomic E-state index is 12.3. The molecule has 3 N–H and O–H groups in total. The van der Waals surface area contributed by atoms with Crippen LogP contribution in [0.5, 0.6) is 0 Å². The van der Waals surface area contributed by atoms with Crippen LogP contribution in [0.1, 0.15) is 46.0 Å². The Bertz CT molecular complexity index is 350. The van der Waals surface area contributed by atoms with Gasteiger partial charge in [0.2, 0.25) is 5.91 Å². The van der Waals surface area contributed by atoms with Gasteiger partial charge in [-0.15, -0.1) is 0 Å². The summed E-state index contributed by atoms with van der Waals surface area (Å²) in [5, 5.41) is 3.08. The van der Waals surface area contributed by atoms with Gasteiger partial charge in [0, 0.05) is 6.54 Å². The van der Waals surface area contributed by atoms with Crippen molar-refractivity contribution < 1.29 is 4.79 Å². The monoisotopic (exact) mass is 268 g/mol. The number of carbonyl (C=O) groups is 1. The predicted molar refractivity (Wildman–Crippen MR) is 77.1 cm³/mol. The van der Waals surface area contributed by atoms with E-state index in [0.29, 0.717) is 16.8 Å². The van der Waals surface area contributed by atoms with Gasteiger partial charge in [0.1, 0.15) is 0 Å². The van der Waals surface area contributed by atoms with Gasteiger partial charge in [-0.3, -0.25) is 4.79 Å². The van der Waals surface area contributed by atoms with E-state index in [0.717, 1.165) is 25.3 Å². The molecule has 102 valence electrons. The van der Waals surface area contributed by atoms with Gasteiger partial charge in [-0.25, -0.2) is 0 Å². The first-order valence-corrected chi connectivity index (χ1v) is 7.43. The van der Waals surface area contributed by atoms with Crippen LogP contribution in [0.25, 0.3) is 0 Å². The highest BCUT2D eigenvalue weighted by atomic mass is 32.1. The summed E-state index contributed by atoms with van der Waals surface area (Å²) in [7, 11) is 0. The molecular formula is C14H24N2OS. The smallest absolute Gasteiger partial charge is 0.233 e. The third-order valence-corrected chi connectivity index (χ3v) is 5.05. The summed E-state index contributed by atoms with van der Waals surface area (Å²) in [6.45, 7) is 5.22. The lowest BCUT2D eigenvalue weighted by Crippen LogP contribution is -2.56. The van der Waals surface area contributed by atoms with Crippen molar-refractivity contribution >= 4 is 23.1 Å². The van der Waals surface area contributed by atoms with Crippen LogP contribution in [0.3, 0.4) is 0 Å². The number of amides is 1. The maximum atomic E-state index is 12.3. The van der Waals surface area contributed by atoms with Crippen molar-refractivity contribution in [1.82, 2.24) is 5.32 Å². The summed E-state index contributed by atoms with van der Waals surface area (Å²) < 4.78 is 0. The Kier molecular flexibility index (Phi) is 3.95. The standard InChI is InChI=1S/C14H24N2OS/c1-9-3-4-11(5-9)8-16-13(17)14(12(15)18)6-10(2)7-14/h9-11H,3-8H2,1-2H3,(H2,15,18)(H,16,17). The molecule has 0 aromatic rings. The predicted octanol–water partition coefficient (Wildman–Crippen LogP) is 2.24. The van der Waals surface area contributed by atoms with Gasteiger partial charge in [-0.1, -0.05) is 32.5 Å². The van der Waals surface area contributed by atoms with Crippen LogP contribution in [0.15, 0.2) is 0 Å². The van der Waals surface area contributed by atoms with E-state index >= 15 is 0 Å². The number of rotatable bonds is 4. The Morgan fingerprint density at radius 1 is 1.33 bits per heavy atom. The quantitative estimate of drug-likeness (QED) is 0.769. The molecule has 0 radical (unpaired) electrons. The molecule has 2 saturated carbocycles. The number of nitrogens with two attached hydrogens (primary N) is 1. The Labute approximate surface area is 115 Å². The molecule has 2 aliphatic rings. The van der Waals surface area contributed by atoms with Crippen molar-refractivity contribution in [2.24, 2.45) is 28.9 Å². The highest BCUT2D eigenvalue weighted by molar-refractivity contribution is 7.80. The zero-order valence-electron chi connectivity index (χ0n) is 11.4. The van der Waals surface area contributed by atoms with Crippen molar-refractivity contribution in [3.63, 3.8) is 0 Å². The van der Waals surface area contributed by atoms with Crippen LogP contribution in [-0.2, 0) is 4.79 Å². The summed E-state index contributed by atoms with van der Waals surface area (Å²) in [5.74, 6) is 2.07. The third kappa shape index (κ3) is 2.53. The largest absolute Gasteiger partial charge is 0.392 e. The van der Waals surface area contributed by atoms with E-state index in [1.807, 2.05) is 0 Å². The Balaban J connectivity index is 1.85. The number of nitrogens with one attached hydrogen (secondary N) is 1. The maximum Gasteiger partial charge on any atom is 0.233 e. The van der Waals surface area contributed by atoms with Crippen LogP contribution in [-0.4, -0.2) is 17.4 Å². The number of hydrogen-bond donors (Lipinski definition) is 2. The highest BCUT2D eigenvalue weighted by Crippen LogP contribution is 2.46. The first-order chi connectivity index (χ1) is 8.44. The summed E-state index contributed by atoms with van der Waals surface area (Å²) in [6, 6.07) is 0. The van der Waals surface area contributed by atoms with Crippen LogP contribution in [0, 0.1) is 23.2 Å². The van der Waals surface area contributed by atoms with Gasteiger partial charge in [0.25, 0.3) is 0 Å². The molecule has 0 bridgehead atoms. The van der Waals surface area contributed by atoms with Crippen molar-refractivity contribution in [2.75, 3.05) is 6.54 Å². The average molecular weight is 268 g/mol. The minimum Gasteiger partial charge on any atom is -0.392 e. The molecule has 0 aliphatic heterocycles. The van der Waals surface area contributed by atoms with Crippen LogP contribution in [0.2, 0.25) is 0 Å². The van der Waals surface area contributed by atoms with Crippen molar-refractivity contribution in [3.8, 4) is 0 Å². The second kappa shape index (κ2) is 5.16. The normalized spacial score (nSPS) is 39.1. The molecule has 1 amide bonds. The molecule has 2 aliphatic carbocycles. The topological polar surface area (TPSA) is 55.1 Å². The zero-order chi connectivity index (χ0) is 13.3. The molecule has 0 spiro atoms. The minimum atomic E-state index is -0.543. The van der Waals surface area contributed by atoms with Gasteiger partial charge in [-0.05, 0) is 43.4 Å². The van der Waals surface area contributed by atoms with Crippen molar-refractivity contribution in [2.45, 2.75) is 46.0 Å². The Morgan fingerprint density at radius 3 is 2.44 bits per heavy atom. The lowest BCUT2D eigenvalue weighted by molar-refractivity contribution is -0.133. The van der Waals surface area contributed by atoms with Gasteiger partial charge in [0.15, 0.2) is 0 Å². The van der Waals surface area contributed by atoms with Gasteiger partial charge >= 0.3 is 0 Å². The number of thiocarbonyl (C=S) groups is 1. The van der Waals surface area contributed by atoms with E-state index < -0.39 is 5.41 Å². The highest BCUT2D eigenvalue weighted by Gasteiger charge is 2.50. The first kappa shape index (κ1) is 13.8. The van der Waals surface area contributed by atoms with E-state index in [2.05, 4.69) is 19.2 Å². The lowest BCUT2D eigenvalue weighted by Gasteiger charge is -2.44. The van der Waals surface area contributed by atoms with E-state index in [9.17, 15) is 4.79 Å². The summed E-state index contributed by atoms with van der Waals surface area (Å²) in [5.41, 5.74) is 5.23. The number of hydrogen-bond acceptors (Lipinski definition) is 2. The Hall–Kier alpha value is -0.640. The molecule has 2 atom stereocenters.